The lowest BCUT2D eigenvalue weighted by atomic mass is 10.0. The van der Waals surface area contributed by atoms with E-state index in [1.165, 1.54) is 6.07 Å². The van der Waals surface area contributed by atoms with Gasteiger partial charge in [-0.3, -0.25) is 11.3 Å². The monoisotopic (exact) mass is 212 g/mol. The minimum absolute atomic E-state index is 0.282. The number of hydrogen-bond acceptors (Lipinski definition) is 2. The van der Waals surface area contributed by atoms with E-state index >= 15 is 0 Å². The molecule has 4 heteroatoms. The SMILES string of the molecule is CC1CC1C(NN)c1cc(F)ccc1F. The van der Waals surface area contributed by atoms with E-state index in [2.05, 4.69) is 12.3 Å². The van der Waals surface area contributed by atoms with Crippen molar-refractivity contribution in [2.24, 2.45) is 17.7 Å². The molecule has 82 valence electrons. The van der Waals surface area contributed by atoms with E-state index in [-0.39, 0.29) is 6.04 Å². The standard InChI is InChI=1S/C11H14F2N2/c1-6-4-8(6)11(15-14)9-5-7(12)2-3-10(9)13/h2-3,5-6,8,11,15H,4,14H2,1H3. The quantitative estimate of drug-likeness (QED) is 0.595. The summed E-state index contributed by atoms with van der Waals surface area (Å²) in [6.07, 6.45) is 1.00. The first-order chi connectivity index (χ1) is 7.13. The molecule has 0 aliphatic heterocycles. The van der Waals surface area contributed by atoms with Gasteiger partial charge in [0.25, 0.3) is 0 Å². The lowest BCUT2D eigenvalue weighted by Gasteiger charge is -2.16. The summed E-state index contributed by atoms with van der Waals surface area (Å²) >= 11 is 0. The van der Waals surface area contributed by atoms with E-state index in [0.717, 1.165) is 18.6 Å². The normalized spacial score (nSPS) is 26.4. The maximum absolute atomic E-state index is 13.5. The first-order valence-corrected chi connectivity index (χ1v) is 5.04. The molecule has 0 saturated heterocycles. The Morgan fingerprint density at radius 3 is 2.67 bits per heavy atom. The third-order valence-electron chi connectivity index (χ3n) is 3.07. The van der Waals surface area contributed by atoms with Gasteiger partial charge in [-0.15, -0.1) is 0 Å². The number of benzene rings is 1. The summed E-state index contributed by atoms with van der Waals surface area (Å²) in [5.41, 5.74) is 2.90. The Balaban J connectivity index is 2.29. The minimum atomic E-state index is -0.431. The molecule has 2 nitrogen and oxygen atoms in total. The third-order valence-corrected chi connectivity index (χ3v) is 3.07. The molecular weight excluding hydrogens is 198 g/mol. The first kappa shape index (κ1) is 10.5. The van der Waals surface area contributed by atoms with Crippen LogP contribution in [0, 0.1) is 23.5 Å². The topological polar surface area (TPSA) is 38.0 Å². The van der Waals surface area contributed by atoms with Crippen LogP contribution in [0.15, 0.2) is 18.2 Å². The van der Waals surface area contributed by atoms with Crippen LogP contribution in [-0.4, -0.2) is 0 Å². The molecule has 1 aromatic carbocycles. The molecule has 3 unspecified atom stereocenters. The fraction of sp³-hybridized carbons (Fsp3) is 0.455. The smallest absolute Gasteiger partial charge is 0.128 e. The largest absolute Gasteiger partial charge is 0.271 e. The summed E-state index contributed by atoms with van der Waals surface area (Å²) in [7, 11) is 0. The molecule has 0 heterocycles. The summed E-state index contributed by atoms with van der Waals surface area (Å²) in [6.45, 7) is 2.08. The van der Waals surface area contributed by atoms with Gasteiger partial charge in [0.2, 0.25) is 0 Å². The molecule has 0 aromatic heterocycles. The van der Waals surface area contributed by atoms with E-state index in [4.69, 9.17) is 5.84 Å². The van der Waals surface area contributed by atoms with Gasteiger partial charge in [-0.05, 0) is 36.5 Å². The molecule has 1 aliphatic carbocycles. The molecule has 3 N–H and O–H groups in total. The van der Waals surface area contributed by atoms with Crippen LogP contribution in [0.25, 0.3) is 0 Å². The van der Waals surface area contributed by atoms with E-state index in [1.807, 2.05) is 0 Å². The lowest BCUT2D eigenvalue weighted by molar-refractivity contribution is 0.448. The van der Waals surface area contributed by atoms with Crippen LogP contribution >= 0.6 is 0 Å². The van der Waals surface area contributed by atoms with Crippen LogP contribution < -0.4 is 11.3 Å². The number of nitrogens with one attached hydrogen (secondary N) is 1. The fourth-order valence-corrected chi connectivity index (χ4v) is 2.01. The Morgan fingerprint density at radius 2 is 2.13 bits per heavy atom. The zero-order chi connectivity index (χ0) is 11.0. The summed E-state index contributed by atoms with van der Waals surface area (Å²) < 4.78 is 26.4. The van der Waals surface area contributed by atoms with Gasteiger partial charge in [-0.2, -0.15) is 0 Å². The Kier molecular flexibility index (Phi) is 2.71. The van der Waals surface area contributed by atoms with Crippen molar-refractivity contribution < 1.29 is 8.78 Å². The predicted octanol–water partition coefficient (Wildman–Crippen LogP) is 2.13. The number of hydrogen-bond donors (Lipinski definition) is 2. The highest BCUT2D eigenvalue weighted by atomic mass is 19.1. The highest BCUT2D eigenvalue weighted by molar-refractivity contribution is 5.24. The second-order valence-corrected chi connectivity index (χ2v) is 4.19. The van der Waals surface area contributed by atoms with Crippen molar-refractivity contribution in [1.82, 2.24) is 5.43 Å². The minimum Gasteiger partial charge on any atom is -0.271 e. The van der Waals surface area contributed by atoms with E-state index in [1.54, 1.807) is 0 Å². The van der Waals surface area contributed by atoms with Crippen molar-refractivity contribution in [3.63, 3.8) is 0 Å². The van der Waals surface area contributed by atoms with Gasteiger partial charge >= 0.3 is 0 Å². The molecule has 15 heavy (non-hydrogen) atoms. The van der Waals surface area contributed by atoms with Gasteiger partial charge < -0.3 is 0 Å². The van der Waals surface area contributed by atoms with Crippen molar-refractivity contribution in [1.29, 1.82) is 0 Å². The van der Waals surface area contributed by atoms with Crippen LogP contribution in [0.3, 0.4) is 0 Å². The Hall–Kier alpha value is -1.00. The maximum Gasteiger partial charge on any atom is 0.128 e. The van der Waals surface area contributed by atoms with Gasteiger partial charge in [0, 0.05) is 5.56 Å². The summed E-state index contributed by atoms with van der Waals surface area (Å²) in [6, 6.07) is 3.19. The van der Waals surface area contributed by atoms with Crippen LogP contribution in [0.5, 0.6) is 0 Å². The molecule has 0 spiro atoms. The molecule has 1 aliphatic rings. The van der Waals surface area contributed by atoms with Crippen molar-refractivity contribution >= 4 is 0 Å². The Labute approximate surface area is 87.4 Å². The number of halogens is 2. The summed E-state index contributed by atoms with van der Waals surface area (Å²) in [5, 5.41) is 0. The average molecular weight is 212 g/mol. The Morgan fingerprint density at radius 1 is 1.47 bits per heavy atom. The van der Waals surface area contributed by atoms with Crippen LogP contribution in [0.1, 0.15) is 24.9 Å². The molecule has 1 saturated carbocycles. The zero-order valence-electron chi connectivity index (χ0n) is 8.50. The zero-order valence-corrected chi connectivity index (χ0v) is 8.50. The third kappa shape index (κ3) is 2.01. The van der Waals surface area contributed by atoms with Crippen molar-refractivity contribution in [2.75, 3.05) is 0 Å². The summed E-state index contributed by atoms with van der Waals surface area (Å²) in [4.78, 5) is 0. The van der Waals surface area contributed by atoms with Crippen LogP contribution in [-0.2, 0) is 0 Å². The predicted molar refractivity (Wildman–Crippen MR) is 53.7 cm³/mol. The van der Waals surface area contributed by atoms with Gasteiger partial charge in [-0.1, -0.05) is 6.92 Å². The highest BCUT2D eigenvalue weighted by Gasteiger charge is 2.40. The second-order valence-electron chi connectivity index (χ2n) is 4.19. The first-order valence-electron chi connectivity index (χ1n) is 5.04. The Bertz CT molecular complexity index is 368. The number of hydrazine groups is 1. The molecule has 0 amide bonds. The van der Waals surface area contributed by atoms with Crippen LogP contribution in [0.2, 0.25) is 0 Å². The van der Waals surface area contributed by atoms with E-state index < -0.39 is 11.6 Å². The molecule has 0 radical (unpaired) electrons. The van der Waals surface area contributed by atoms with E-state index in [9.17, 15) is 8.78 Å². The molecule has 2 rings (SSSR count). The maximum atomic E-state index is 13.5. The van der Waals surface area contributed by atoms with Crippen molar-refractivity contribution in [2.45, 2.75) is 19.4 Å². The van der Waals surface area contributed by atoms with E-state index in [0.29, 0.717) is 17.4 Å². The molecule has 0 bridgehead atoms. The lowest BCUT2D eigenvalue weighted by Crippen LogP contribution is -2.30. The van der Waals surface area contributed by atoms with Gasteiger partial charge in [-0.25, -0.2) is 8.78 Å². The average Bonchev–Trinajstić information content (AvgIpc) is 2.90. The molecule has 3 atom stereocenters. The van der Waals surface area contributed by atoms with Crippen molar-refractivity contribution in [3.05, 3.63) is 35.4 Å². The van der Waals surface area contributed by atoms with Gasteiger partial charge in [0.1, 0.15) is 11.6 Å². The van der Waals surface area contributed by atoms with Crippen molar-refractivity contribution in [3.8, 4) is 0 Å². The second kappa shape index (κ2) is 3.87. The number of rotatable bonds is 3. The fourth-order valence-electron chi connectivity index (χ4n) is 2.01. The number of nitrogens with two attached hydrogens (primary N) is 1. The molecular formula is C11H14F2N2. The van der Waals surface area contributed by atoms with Gasteiger partial charge in [0.15, 0.2) is 0 Å². The van der Waals surface area contributed by atoms with Gasteiger partial charge in [0.05, 0.1) is 6.04 Å². The molecule has 1 aromatic rings. The van der Waals surface area contributed by atoms with Crippen LogP contribution in [0.4, 0.5) is 8.78 Å². The summed E-state index contributed by atoms with van der Waals surface area (Å²) in [5.74, 6) is 5.39. The highest BCUT2D eigenvalue weighted by Crippen LogP contribution is 2.47. The molecule has 1 fully saturated rings.